The number of esters is 1. The van der Waals surface area contributed by atoms with Crippen LogP contribution in [0.4, 0.5) is 0 Å². The van der Waals surface area contributed by atoms with E-state index in [1.807, 2.05) is 18.5 Å². The molecule has 1 fully saturated rings. The van der Waals surface area contributed by atoms with Gasteiger partial charge in [-0.2, -0.15) is 5.10 Å². The molecule has 1 aliphatic rings. The SMILES string of the molecule is COC(=O)C(Cn1nc(C)c(Br)c1C)(NC(C)C)C1CC1. The van der Waals surface area contributed by atoms with Crippen molar-refractivity contribution in [1.29, 1.82) is 0 Å². The zero-order valence-corrected chi connectivity index (χ0v) is 15.0. The molecule has 0 amide bonds. The number of nitrogens with one attached hydrogen (secondary N) is 1. The summed E-state index contributed by atoms with van der Waals surface area (Å²) in [5.74, 6) is 0.123. The summed E-state index contributed by atoms with van der Waals surface area (Å²) >= 11 is 3.55. The molecular formula is C15H24BrN3O2. The average molecular weight is 358 g/mol. The molecule has 1 aromatic heterocycles. The topological polar surface area (TPSA) is 56.2 Å². The van der Waals surface area contributed by atoms with Gasteiger partial charge in [0.25, 0.3) is 0 Å². The lowest BCUT2D eigenvalue weighted by atomic mass is 9.91. The van der Waals surface area contributed by atoms with E-state index in [4.69, 9.17) is 4.74 Å². The molecule has 1 atom stereocenters. The van der Waals surface area contributed by atoms with Crippen LogP contribution in [0, 0.1) is 19.8 Å². The first-order valence-corrected chi connectivity index (χ1v) is 8.16. The lowest BCUT2D eigenvalue weighted by Gasteiger charge is -2.34. The maximum Gasteiger partial charge on any atom is 0.328 e. The molecule has 1 heterocycles. The van der Waals surface area contributed by atoms with Crippen molar-refractivity contribution in [2.24, 2.45) is 5.92 Å². The Kier molecular flexibility index (Phi) is 4.78. The van der Waals surface area contributed by atoms with Crippen LogP contribution in [0.5, 0.6) is 0 Å². The largest absolute Gasteiger partial charge is 0.468 e. The number of ether oxygens (including phenoxy) is 1. The van der Waals surface area contributed by atoms with Gasteiger partial charge in [0.2, 0.25) is 0 Å². The van der Waals surface area contributed by atoms with E-state index in [0.29, 0.717) is 12.5 Å². The highest BCUT2D eigenvalue weighted by Gasteiger charge is 2.52. The van der Waals surface area contributed by atoms with Gasteiger partial charge < -0.3 is 4.74 Å². The minimum Gasteiger partial charge on any atom is -0.468 e. The summed E-state index contributed by atoms with van der Waals surface area (Å²) in [4.78, 5) is 12.5. The van der Waals surface area contributed by atoms with Gasteiger partial charge in [-0.1, -0.05) is 0 Å². The third-order valence-corrected chi connectivity index (χ3v) is 5.21. The molecule has 5 nitrogen and oxygen atoms in total. The van der Waals surface area contributed by atoms with Crippen molar-refractivity contribution < 1.29 is 9.53 Å². The number of aryl methyl sites for hydroxylation is 1. The molecule has 1 N–H and O–H groups in total. The number of aromatic nitrogens is 2. The normalized spacial score (nSPS) is 17.9. The maximum absolute atomic E-state index is 12.5. The maximum atomic E-state index is 12.5. The minimum absolute atomic E-state index is 0.192. The fourth-order valence-electron chi connectivity index (χ4n) is 2.92. The first kappa shape index (κ1) is 16.5. The fourth-order valence-corrected chi connectivity index (χ4v) is 3.21. The summed E-state index contributed by atoms with van der Waals surface area (Å²) in [6.45, 7) is 8.57. The molecule has 0 saturated heterocycles. The molecule has 21 heavy (non-hydrogen) atoms. The van der Waals surface area contributed by atoms with Crippen LogP contribution >= 0.6 is 15.9 Å². The molecule has 1 saturated carbocycles. The quantitative estimate of drug-likeness (QED) is 0.795. The number of carbonyl (C=O) groups is 1. The summed E-state index contributed by atoms with van der Waals surface area (Å²) in [5, 5.41) is 8.01. The third-order valence-electron chi connectivity index (χ3n) is 4.06. The number of carbonyl (C=O) groups excluding carboxylic acids is 1. The standard InChI is InChI=1S/C15H24BrN3O2/c1-9(2)17-15(12-6-7-12,14(20)21-5)8-19-11(4)13(16)10(3)18-19/h9,12,17H,6-8H2,1-5H3. The van der Waals surface area contributed by atoms with Crippen LogP contribution in [0.25, 0.3) is 0 Å². The molecule has 118 valence electrons. The second-order valence-electron chi connectivity index (χ2n) is 6.18. The first-order valence-electron chi connectivity index (χ1n) is 7.37. The van der Waals surface area contributed by atoms with Gasteiger partial charge in [0.05, 0.1) is 23.8 Å². The van der Waals surface area contributed by atoms with E-state index in [1.54, 1.807) is 0 Å². The van der Waals surface area contributed by atoms with Crippen LogP contribution in [-0.4, -0.2) is 34.4 Å². The molecule has 0 bridgehead atoms. The summed E-state index contributed by atoms with van der Waals surface area (Å²) < 4.78 is 8.02. The number of rotatable bonds is 6. The molecule has 0 spiro atoms. The number of hydrogen-bond acceptors (Lipinski definition) is 4. The van der Waals surface area contributed by atoms with Crippen molar-refractivity contribution in [1.82, 2.24) is 15.1 Å². The Labute approximate surface area is 134 Å². The predicted molar refractivity (Wildman–Crippen MR) is 85.1 cm³/mol. The van der Waals surface area contributed by atoms with Gasteiger partial charge in [-0.15, -0.1) is 0 Å². The van der Waals surface area contributed by atoms with E-state index in [2.05, 4.69) is 40.2 Å². The van der Waals surface area contributed by atoms with Crippen LogP contribution in [0.2, 0.25) is 0 Å². The zero-order chi connectivity index (χ0) is 15.8. The minimum atomic E-state index is -0.689. The van der Waals surface area contributed by atoms with Gasteiger partial charge in [-0.3, -0.25) is 10.00 Å². The average Bonchev–Trinajstić information content (AvgIpc) is 3.23. The highest BCUT2D eigenvalue weighted by molar-refractivity contribution is 9.10. The van der Waals surface area contributed by atoms with Crippen LogP contribution in [0.15, 0.2) is 4.47 Å². The molecule has 1 aromatic rings. The van der Waals surface area contributed by atoms with Gasteiger partial charge in [0.15, 0.2) is 0 Å². The second kappa shape index (κ2) is 6.08. The van der Waals surface area contributed by atoms with Crippen LogP contribution in [0.1, 0.15) is 38.1 Å². The van der Waals surface area contributed by atoms with Gasteiger partial charge in [0.1, 0.15) is 5.54 Å². The molecule has 1 aliphatic carbocycles. The Morgan fingerprint density at radius 2 is 2.14 bits per heavy atom. The van der Waals surface area contributed by atoms with E-state index in [9.17, 15) is 4.79 Å². The van der Waals surface area contributed by atoms with Gasteiger partial charge in [-0.05, 0) is 62.4 Å². The van der Waals surface area contributed by atoms with E-state index >= 15 is 0 Å². The Balaban J connectivity index is 2.39. The van der Waals surface area contributed by atoms with E-state index in [-0.39, 0.29) is 12.0 Å². The van der Waals surface area contributed by atoms with Crippen molar-refractivity contribution in [2.75, 3.05) is 7.11 Å². The lowest BCUT2D eigenvalue weighted by Crippen LogP contribution is -2.59. The summed E-state index contributed by atoms with van der Waals surface area (Å²) in [7, 11) is 1.46. The summed E-state index contributed by atoms with van der Waals surface area (Å²) in [5.41, 5.74) is 1.28. The second-order valence-corrected chi connectivity index (χ2v) is 6.97. The Hall–Kier alpha value is -0.880. The summed E-state index contributed by atoms with van der Waals surface area (Å²) in [6.07, 6.45) is 2.10. The van der Waals surface area contributed by atoms with E-state index in [1.165, 1.54) is 7.11 Å². The molecular weight excluding hydrogens is 334 g/mol. The number of methoxy groups -OCH3 is 1. The Bertz CT molecular complexity index is 537. The highest BCUT2D eigenvalue weighted by atomic mass is 79.9. The Morgan fingerprint density at radius 3 is 2.52 bits per heavy atom. The van der Waals surface area contributed by atoms with Gasteiger partial charge in [-0.25, -0.2) is 4.79 Å². The summed E-state index contributed by atoms with van der Waals surface area (Å²) in [6, 6.07) is 0.199. The highest BCUT2D eigenvalue weighted by Crippen LogP contribution is 2.42. The van der Waals surface area contributed by atoms with Gasteiger partial charge in [0, 0.05) is 11.7 Å². The molecule has 6 heteroatoms. The van der Waals surface area contributed by atoms with Crippen molar-refractivity contribution in [3.8, 4) is 0 Å². The molecule has 1 unspecified atom stereocenters. The van der Waals surface area contributed by atoms with E-state index in [0.717, 1.165) is 28.7 Å². The first-order chi connectivity index (χ1) is 9.81. The van der Waals surface area contributed by atoms with Crippen LogP contribution in [0.3, 0.4) is 0 Å². The van der Waals surface area contributed by atoms with Gasteiger partial charge >= 0.3 is 5.97 Å². The fraction of sp³-hybridized carbons (Fsp3) is 0.733. The van der Waals surface area contributed by atoms with Crippen molar-refractivity contribution in [3.05, 3.63) is 15.9 Å². The molecule has 0 aromatic carbocycles. The number of nitrogens with zero attached hydrogens (tertiary/aromatic N) is 2. The predicted octanol–water partition coefficient (Wildman–Crippen LogP) is 2.58. The zero-order valence-electron chi connectivity index (χ0n) is 13.4. The molecule has 0 radical (unpaired) electrons. The smallest absolute Gasteiger partial charge is 0.328 e. The number of hydrogen-bond donors (Lipinski definition) is 1. The number of halogens is 1. The van der Waals surface area contributed by atoms with Crippen molar-refractivity contribution in [2.45, 2.75) is 58.7 Å². The van der Waals surface area contributed by atoms with Crippen LogP contribution < -0.4 is 5.32 Å². The molecule has 0 aliphatic heterocycles. The lowest BCUT2D eigenvalue weighted by molar-refractivity contribution is -0.151. The monoisotopic (exact) mass is 357 g/mol. The van der Waals surface area contributed by atoms with Crippen molar-refractivity contribution >= 4 is 21.9 Å². The van der Waals surface area contributed by atoms with Crippen molar-refractivity contribution in [3.63, 3.8) is 0 Å². The third kappa shape index (κ3) is 3.16. The Morgan fingerprint density at radius 1 is 1.52 bits per heavy atom. The molecule has 2 rings (SSSR count). The van der Waals surface area contributed by atoms with E-state index < -0.39 is 5.54 Å². The van der Waals surface area contributed by atoms with Crippen LogP contribution in [-0.2, 0) is 16.1 Å².